The summed E-state index contributed by atoms with van der Waals surface area (Å²) >= 11 is 0. The average Bonchev–Trinajstić information content (AvgIpc) is 2.81. The van der Waals surface area contributed by atoms with E-state index in [0.717, 1.165) is 32.1 Å². The molecule has 0 amide bonds. The molecular weight excluding hydrogens is 288 g/mol. The van der Waals surface area contributed by atoms with Crippen molar-refractivity contribution < 1.29 is 15.3 Å². The van der Waals surface area contributed by atoms with E-state index in [1.165, 1.54) is 0 Å². The van der Waals surface area contributed by atoms with Gasteiger partial charge in [0.2, 0.25) is 0 Å². The predicted molar refractivity (Wildman–Crippen MR) is 89.7 cm³/mol. The standard InChI is InChI=1S/C20H34O3/c1-11-14(21)15(22)13-10-18(4)7-6-12-16(18)20(11,17(13,2)3)9-8-19(12,5)23/h11-16,21-23H,6-10H2,1-5H3/t11-,12+,13-,14-,15-,16-,18+,19+,20-/m1/s1. The van der Waals surface area contributed by atoms with E-state index in [1.807, 2.05) is 6.92 Å². The van der Waals surface area contributed by atoms with Crippen LogP contribution in [0.5, 0.6) is 0 Å². The Bertz CT molecular complexity index is 527. The van der Waals surface area contributed by atoms with Crippen LogP contribution >= 0.6 is 0 Å². The Morgan fingerprint density at radius 3 is 2.17 bits per heavy atom. The first-order chi connectivity index (χ1) is 10.5. The zero-order valence-electron chi connectivity index (χ0n) is 15.3. The van der Waals surface area contributed by atoms with Crippen LogP contribution in [-0.2, 0) is 0 Å². The summed E-state index contributed by atoms with van der Waals surface area (Å²) < 4.78 is 0. The van der Waals surface area contributed by atoms with Crippen LogP contribution in [-0.4, -0.2) is 33.1 Å². The highest BCUT2D eigenvalue weighted by Crippen LogP contribution is 2.78. The summed E-state index contributed by atoms with van der Waals surface area (Å²) in [6, 6.07) is 0. The van der Waals surface area contributed by atoms with E-state index < -0.39 is 17.8 Å². The van der Waals surface area contributed by atoms with E-state index in [-0.39, 0.29) is 28.1 Å². The zero-order chi connectivity index (χ0) is 17.0. The van der Waals surface area contributed by atoms with Crippen molar-refractivity contribution >= 4 is 0 Å². The molecule has 3 heteroatoms. The number of fused-ring (bicyclic) bond motifs is 1. The monoisotopic (exact) mass is 322 g/mol. The molecule has 9 atom stereocenters. The van der Waals surface area contributed by atoms with Gasteiger partial charge >= 0.3 is 0 Å². The highest BCUT2D eigenvalue weighted by atomic mass is 16.3. The molecule has 0 saturated heterocycles. The summed E-state index contributed by atoms with van der Waals surface area (Å²) in [7, 11) is 0. The smallest absolute Gasteiger partial charge is 0.0835 e. The van der Waals surface area contributed by atoms with Crippen molar-refractivity contribution in [2.24, 2.45) is 39.9 Å². The van der Waals surface area contributed by atoms with Crippen molar-refractivity contribution in [3.63, 3.8) is 0 Å². The van der Waals surface area contributed by atoms with Crippen LogP contribution in [0.25, 0.3) is 0 Å². The molecule has 0 aromatic heterocycles. The molecule has 4 rings (SSSR count). The molecule has 2 bridgehead atoms. The molecule has 23 heavy (non-hydrogen) atoms. The molecule has 4 saturated carbocycles. The lowest BCUT2D eigenvalue weighted by Crippen LogP contribution is -2.73. The van der Waals surface area contributed by atoms with Gasteiger partial charge in [0, 0.05) is 0 Å². The van der Waals surface area contributed by atoms with Gasteiger partial charge in [-0.25, -0.2) is 0 Å². The summed E-state index contributed by atoms with van der Waals surface area (Å²) in [6.07, 6.45) is 3.81. The first-order valence-electron chi connectivity index (χ1n) is 9.57. The Morgan fingerprint density at radius 2 is 1.52 bits per heavy atom. The SMILES string of the molecule is C[C@@H]1[C@@H](O)[C@H](O)[C@H]2C[C@]3(C)CC[C@H]4[C@H]3[C@]1(CC[C@]4(C)O)C2(C)C. The minimum Gasteiger partial charge on any atom is -0.390 e. The van der Waals surface area contributed by atoms with Crippen molar-refractivity contribution in [2.45, 2.75) is 84.5 Å². The number of hydrogen-bond acceptors (Lipinski definition) is 3. The number of aliphatic hydroxyl groups is 3. The van der Waals surface area contributed by atoms with Crippen LogP contribution in [0.15, 0.2) is 0 Å². The molecule has 4 aliphatic carbocycles. The second-order valence-electron chi connectivity index (χ2n) is 10.5. The Kier molecular flexibility index (Phi) is 3.09. The largest absolute Gasteiger partial charge is 0.390 e. The molecule has 0 aliphatic heterocycles. The summed E-state index contributed by atoms with van der Waals surface area (Å²) in [5.41, 5.74) is -0.330. The topological polar surface area (TPSA) is 60.7 Å². The summed E-state index contributed by atoms with van der Waals surface area (Å²) in [4.78, 5) is 0. The quantitative estimate of drug-likeness (QED) is 0.642. The van der Waals surface area contributed by atoms with Crippen molar-refractivity contribution in [3.05, 3.63) is 0 Å². The number of hydrogen-bond donors (Lipinski definition) is 3. The van der Waals surface area contributed by atoms with E-state index in [1.54, 1.807) is 0 Å². The molecule has 4 aliphatic rings. The van der Waals surface area contributed by atoms with E-state index in [0.29, 0.717) is 11.8 Å². The maximum absolute atomic E-state index is 11.1. The van der Waals surface area contributed by atoms with Gasteiger partial charge in [0.05, 0.1) is 17.8 Å². The summed E-state index contributed by atoms with van der Waals surface area (Å²) in [5.74, 6) is 1.05. The van der Waals surface area contributed by atoms with Gasteiger partial charge in [0.15, 0.2) is 0 Å². The Labute approximate surface area is 140 Å². The minimum absolute atomic E-state index is 0.00826. The first kappa shape index (κ1) is 16.4. The van der Waals surface area contributed by atoms with Crippen molar-refractivity contribution in [1.29, 1.82) is 0 Å². The van der Waals surface area contributed by atoms with E-state index in [4.69, 9.17) is 0 Å². The fourth-order valence-corrected chi connectivity index (χ4v) is 8.28. The molecule has 0 unspecified atom stereocenters. The molecule has 3 N–H and O–H groups in total. The van der Waals surface area contributed by atoms with Crippen molar-refractivity contribution in [3.8, 4) is 0 Å². The van der Waals surface area contributed by atoms with Crippen molar-refractivity contribution in [2.75, 3.05) is 0 Å². The predicted octanol–water partition coefficient (Wildman–Crippen LogP) is 2.97. The molecule has 0 heterocycles. The molecule has 0 radical (unpaired) electrons. The normalized spacial score (nSPS) is 63.7. The fraction of sp³-hybridized carbons (Fsp3) is 1.00. The summed E-state index contributed by atoms with van der Waals surface area (Å²) in [6.45, 7) is 11.3. The molecule has 1 spiro atoms. The highest BCUT2D eigenvalue weighted by molar-refractivity contribution is 5.24. The average molecular weight is 322 g/mol. The second-order valence-corrected chi connectivity index (χ2v) is 10.5. The van der Waals surface area contributed by atoms with E-state index in [9.17, 15) is 15.3 Å². The Morgan fingerprint density at radius 1 is 0.870 bits per heavy atom. The van der Waals surface area contributed by atoms with Gasteiger partial charge in [-0.1, -0.05) is 27.7 Å². The fourth-order valence-electron chi connectivity index (χ4n) is 8.28. The highest BCUT2D eigenvalue weighted by Gasteiger charge is 2.75. The third kappa shape index (κ3) is 1.63. The maximum Gasteiger partial charge on any atom is 0.0835 e. The van der Waals surface area contributed by atoms with Crippen LogP contribution in [0.2, 0.25) is 0 Å². The van der Waals surface area contributed by atoms with E-state index in [2.05, 4.69) is 27.7 Å². The zero-order valence-corrected chi connectivity index (χ0v) is 15.3. The molecular formula is C20H34O3. The Balaban J connectivity index is 1.94. The third-order valence-corrected chi connectivity index (χ3v) is 9.48. The molecule has 0 aromatic rings. The molecule has 0 aromatic carbocycles. The van der Waals surface area contributed by atoms with Crippen LogP contribution < -0.4 is 0 Å². The van der Waals surface area contributed by atoms with Gasteiger partial charge in [0.25, 0.3) is 0 Å². The van der Waals surface area contributed by atoms with Gasteiger partial charge < -0.3 is 15.3 Å². The van der Waals surface area contributed by atoms with Crippen LogP contribution in [0.1, 0.15) is 66.7 Å². The van der Waals surface area contributed by atoms with Crippen LogP contribution in [0, 0.1) is 39.9 Å². The lowest BCUT2D eigenvalue weighted by atomic mass is 9.32. The molecule has 4 fully saturated rings. The summed E-state index contributed by atoms with van der Waals surface area (Å²) in [5, 5.41) is 32.7. The lowest BCUT2D eigenvalue weighted by molar-refractivity contribution is -0.299. The van der Waals surface area contributed by atoms with E-state index >= 15 is 0 Å². The number of aliphatic hydroxyl groups excluding tert-OH is 2. The van der Waals surface area contributed by atoms with Crippen LogP contribution in [0.4, 0.5) is 0 Å². The van der Waals surface area contributed by atoms with Gasteiger partial charge in [0.1, 0.15) is 0 Å². The maximum atomic E-state index is 11.1. The second kappa shape index (κ2) is 4.34. The van der Waals surface area contributed by atoms with Gasteiger partial charge in [-0.15, -0.1) is 0 Å². The minimum atomic E-state index is -0.623. The Hall–Kier alpha value is -0.120. The first-order valence-corrected chi connectivity index (χ1v) is 9.57. The van der Waals surface area contributed by atoms with Gasteiger partial charge in [-0.05, 0) is 78.9 Å². The third-order valence-electron chi connectivity index (χ3n) is 9.48. The van der Waals surface area contributed by atoms with Crippen molar-refractivity contribution in [1.82, 2.24) is 0 Å². The lowest BCUT2D eigenvalue weighted by Gasteiger charge is -2.73. The van der Waals surface area contributed by atoms with Crippen LogP contribution in [0.3, 0.4) is 0 Å². The molecule has 132 valence electrons. The van der Waals surface area contributed by atoms with Gasteiger partial charge in [-0.3, -0.25) is 0 Å². The molecule has 3 nitrogen and oxygen atoms in total. The van der Waals surface area contributed by atoms with Gasteiger partial charge in [-0.2, -0.15) is 0 Å². The number of rotatable bonds is 0.